The van der Waals surface area contributed by atoms with Gasteiger partial charge < -0.3 is 0 Å². The van der Waals surface area contributed by atoms with Gasteiger partial charge in [0, 0.05) is 29.7 Å². The van der Waals surface area contributed by atoms with Crippen molar-refractivity contribution in [1.29, 1.82) is 0 Å². The number of carbonyl (C=O) groups excluding carboxylic acids is 2. The summed E-state index contributed by atoms with van der Waals surface area (Å²) in [4.78, 5) is 24.1. The number of carbonyl (C=O) groups is 2. The van der Waals surface area contributed by atoms with E-state index in [1.165, 1.54) is 23.9 Å². The molecule has 0 bridgehead atoms. The number of allylic oxidation sites excluding steroid dienone is 2. The first-order valence-electron chi connectivity index (χ1n) is 8.47. The van der Waals surface area contributed by atoms with Crippen LogP contribution in [0.1, 0.15) is 35.2 Å². The molecule has 8 nitrogen and oxygen atoms in total. The Morgan fingerprint density at radius 2 is 1.86 bits per heavy atom. The quantitative estimate of drug-likeness (QED) is 0.441. The van der Waals surface area contributed by atoms with Crippen molar-refractivity contribution in [3.05, 3.63) is 38.9 Å². The predicted molar refractivity (Wildman–Crippen MR) is 110 cm³/mol. The third-order valence-corrected chi connectivity index (χ3v) is 7.55. The minimum atomic E-state index is -3.68. The van der Waals surface area contributed by atoms with Crippen LogP contribution in [0.4, 0.5) is 0 Å². The number of thioether (sulfide) groups is 1. The molecule has 0 saturated carbocycles. The Morgan fingerprint density at radius 1 is 1.21 bits per heavy atom. The average Bonchev–Trinajstić information content (AvgIpc) is 3.11. The summed E-state index contributed by atoms with van der Waals surface area (Å²) < 4.78 is 24.6. The van der Waals surface area contributed by atoms with Crippen LogP contribution >= 0.6 is 35.0 Å². The van der Waals surface area contributed by atoms with Gasteiger partial charge in [-0.2, -0.15) is 0 Å². The maximum Gasteiger partial charge on any atom is 0.244 e. The lowest BCUT2D eigenvalue weighted by atomic mass is 9.90. The molecule has 29 heavy (non-hydrogen) atoms. The molecule has 1 heterocycles. The van der Waals surface area contributed by atoms with Crippen LogP contribution in [0.2, 0.25) is 5.02 Å². The predicted octanol–water partition coefficient (Wildman–Crippen LogP) is 4.56. The van der Waals surface area contributed by atoms with Crippen LogP contribution in [0.5, 0.6) is 0 Å². The van der Waals surface area contributed by atoms with Crippen molar-refractivity contribution in [2.24, 2.45) is 20.7 Å². The Morgan fingerprint density at radius 3 is 2.41 bits per heavy atom. The number of Topliss-reactive ketones (excluding diaryl/α,β-unsaturated/α-hetero) is 2. The van der Waals surface area contributed by atoms with Gasteiger partial charge in [-0.3, -0.25) is 9.59 Å². The van der Waals surface area contributed by atoms with Crippen LogP contribution in [0.25, 0.3) is 0 Å². The maximum atomic E-state index is 13.1. The van der Waals surface area contributed by atoms with Crippen molar-refractivity contribution in [2.45, 2.75) is 35.6 Å². The maximum absolute atomic E-state index is 13.1. The summed E-state index contributed by atoms with van der Waals surface area (Å²) in [6, 6.07) is 2.59. The van der Waals surface area contributed by atoms with Crippen LogP contribution in [0.15, 0.2) is 48.3 Å². The van der Waals surface area contributed by atoms with E-state index in [-0.39, 0.29) is 50.3 Å². The topological polar surface area (TPSA) is 118 Å². The molecule has 0 unspecified atom stereocenters. The van der Waals surface area contributed by atoms with Gasteiger partial charge in [0.1, 0.15) is 0 Å². The Bertz CT molecular complexity index is 1080. The molecule has 1 aliphatic carbocycles. The molecular weight excluding hydrogens is 459 g/mol. The zero-order valence-corrected chi connectivity index (χ0v) is 18.6. The normalized spacial score (nSPS) is 18.6. The van der Waals surface area contributed by atoms with Gasteiger partial charge in [0.15, 0.2) is 21.4 Å². The molecule has 3 rings (SSSR count). The molecule has 1 aromatic rings. The second kappa shape index (κ2) is 8.25. The fraction of sp³-hybridized carbons (Fsp3) is 0.412. The zero-order valence-electron chi connectivity index (χ0n) is 15.5. The van der Waals surface area contributed by atoms with E-state index in [4.69, 9.17) is 23.2 Å². The highest BCUT2D eigenvalue weighted by molar-refractivity contribution is 7.99. The van der Waals surface area contributed by atoms with Crippen LogP contribution in [-0.2, 0) is 21.1 Å². The molecule has 2 aliphatic rings. The van der Waals surface area contributed by atoms with Gasteiger partial charge in [-0.05, 0) is 47.2 Å². The fourth-order valence-electron chi connectivity index (χ4n) is 3.14. The first-order chi connectivity index (χ1) is 13.6. The van der Waals surface area contributed by atoms with Crippen molar-refractivity contribution in [2.75, 3.05) is 12.5 Å². The van der Waals surface area contributed by atoms with E-state index in [0.717, 1.165) is 6.26 Å². The number of nitrogens with zero attached hydrogens (tertiary/aromatic N) is 4. The summed E-state index contributed by atoms with van der Waals surface area (Å²) in [6.07, 6.45) is 3.93. The lowest BCUT2D eigenvalue weighted by Crippen LogP contribution is -2.23. The average molecular weight is 475 g/mol. The van der Waals surface area contributed by atoms with E-state index in [1.54, 1.807) is 6.26 Å². The zero-order chi connectivity index (χ0) is 21.4. The molecule has 0 radical (unpaired) electrons. The molecule has 154 valence electrons. The number of sulfone groups is 1. The third-order valence-electron chi connectivity index (χ3n) is 4.60. The summed E-state index contributed by atoms with van der Waals surface area (Å²) in [5, 5.41) is 15.1. The van der Waals surface area contributed by atoms with E-state index >= 15 is 0 Å². The summed E-state index contributed by atoms with van der Waals surface area (Å²) in [6.45, 7) is 0. The molecule has 0 amide bonds. The lowest BCUT2D eigenvalue weighted by molar-refractivity contribution is -0.115. The van der Waals surface area contributed by atoms with E-state index in [0.29, 0.717) is 12.8 Å². The molecule has 0 N–H and O–H groups in total. The lowest BCUT2D eigenvalue weighted by Gasteiger charge is -2.21. The number of benzene rings is 1. The summed E-state index contributed by atoms with van der Waals surface area (Å²) in [5.74, 6) is -0.978. The highest BCUT2D eigenvalue weighted by atomic mass is 35.5. The number of hydrogen-bond acceptors (Lipinski definition) is 9. The van der Waals surface area contributed by atoms with Gasteiger partial charge in [0.2, 0.25) is 4.99 Å². The summed E-state index contributed by atoms with van der Waals surface area (Å²) >= 11 is 13.9. The minimum Gasteiger partial charge on any atom is -0.294 e. The Hall–Kier alpha value is -1.62. The van der Waals surface area contributed by atoms with E-state index in [1.807, 2.05) is 0 Å². The van der Waals surface area contributed by atoms with Crippen molar-refractivity contribution >= 4 is 56.4 Å². The molecule has 0 atom stereocenters. The van der Waals surface area contributed by atoms with Crippen molar-refractivity contribution in [3.63, 3.8) is 0 Å². The third kappa shape index (κ3) is 4.30. The second-order valence-electron chi connectivity index (χ2n) is 6.56. The van der Waals surface area contributed by atoms with Gasteiger partial charge in [-0.1, -0.05) is 23.2 Å². The Balaban J connectivity index is 2.17. The van der Waals surface area contributed by atoms with Gasteiger partial charge in [0.05, 0.1) is 15.5 Å². The van der Waals surface area contributed by atoms with Gasteiger partial charge in [-0.25, -0.2) is 8.42 Å². The summed E-state index contributed by atoms with van der Waals surface area (Å²) in [7, 11) is -3.68. The summed E-state index contributed by atoms with van der Waals surface area (Å²) in [5.41, 5.74) is 0.0624. The largest absolute Gasteiger partial charge is 0.294 e. The number of ketones is 2. The van der Waals surface area contributed by atoms with E-state index < -0.39 is 20.6 Å². The van der Waals surface area contributed by atoms with Crippen LogP contribution < -0.4 is 0 Å². The highest BCUT2D eigenvalue weighted by Gasteiger charge is 2.37. The molecule has 12 heteroatoms. The number of halogens is 2. The molecule has 0 fully saturated rings. The smallest absolute Gasteiger partial charge is 0.244 e. The Kier molecular flexibility index (Phi) is 6.28. The van der Waals surface area contributed by atoms with Crippen LogP contribution in [0, 0.1) is 0 Å². The monoisotopic (exact) mass is 474 g/mol. The molecule has 0 saturated heterocycles. The molecule has 0 spiro atoms. The number of rotatable bonds is 6. The standard InChI is InChI=1S/C17H16Cl2N4O4S2/c1-28-17(20-22-23-21-17)8-10-13(29(2,26)27)7-6-9(15(10)19)16(25)14-11(18)4-3-5-12(14)24/h6-7H,3-5,8H2,1-2H3. The van der Waals surface area contributed by atoms with Gasteiger partial charge >= 0.3 is 0 Å². The first kappa shape index (κ1) is 22.1. The second-order valence-corrected chi connectivity index (χ2v) is 10.4. The highest BCUT2D eigenvalue weighted by Crippen LogP contribution is 2.40. The fourth-order valence-corrected chi connectivity index (χ4v) is 5.30. The first-order valence-corrected chi connectivity index (χ1v) is 12.3. The molecular formula is C17H16Cl2N4O4S2. The number of hydrogen-bond donors (Lipinski definition) is 0. The molecule has 1 aromatic carbocycles. The molecule has 1 aliphatic heterocycles. The van der Waals surface area contributed by atoms with Crippen molar-refractivity contribution in [1.82, 2.24) is 0 Å². The SMILES string of the molecule is CSC1(Cc2c(S(C)(=O)=O)ccc(C(=O)C3=C(Cl)CCCC3=O)c2Cl)N=NN=N1. The Labute approximate surface area is 181 Å². The van der Waals surface area contributed by atoms with Crippen molar-refractivity contribution in [3.8, 4) is 0 Å². The molecule has 0 aromatic heterocycles. The minimum absolute atomic E-state index is 0.000550. The van der Waals surface area contributed by atoms with Crippen molar-refractivity contribution < 1.29 is 18.0 Å². The van der Waals surface area contributed by atoms with Crippen LogP contribution in [-0.4, -0.2) is 37.5 Å². The van der Waals surface area contributed by atoms with E-state index in [2.05, 4.69) is 20.7 Å². The van der Waals surface area contributed by atoms with Crippen LogP contribution in [0.3, 0.4) is 0 Å². The van der Waals surface area contributed by atoms with Gasteiger partial charge in [-0.15, -0.1) is 22.0 Å². The van der Waals surface area contributed by atoms with Gasteiger partial charge in [0.25, 0.3) is 0 Å². The van der Waals surface area contributed by atoms with E-state index in [9.17, 15) is 18.0 Å².